The predicted molar refractivity (Wildman–Crippen MR) is 95.3 cm³/mol. The lowest BCUT2D eigenvalue weighted by Gasteiger charge is -2.16. The first-order chi connectivity index (χ1) is 11.5. The molecule has 1 aromatic carbocycles. The second kappa shape index (κ2) is 7.13. The number of nitrogens with zero attached hydrogens (tertiary/aromatic N) is 2. The van der Waals surface area contributed by atoms with Crippen molar-refractivity contribution in [3.63, 3.8) is 0 Å². The molecule has 0 spiro atoms. The number of nitrogens with one attached hydrogen (secondary N) is 1. The van der Waals surface area contributed by atoms with Crippen molar-refractivity contribution in [1.82, 2.24) is 9.88 Å². The van der Waals surface area contributed by atoms with Gasteiger partial charge in [0.05, 0.1) is 18.2 Å². The number of carbonyl (C=O) groups is 2. The zero-order valence-electron chi connectivity index (χ0n) is 13.3. The largest absolute Gasteiger partial charge is 0.336 e. The number of anilines is 1. The number of benzene rings is 1. The van der Waals surface area contributed by atoms with Crippen molar-refractivity contribution in [1.29, 1.82) is 0 Å². The van der Waals surface area contributed by atoms with Crippen molar-refractivity contribution >= 4 is 33.4 Å². The van der Waals surface area contributed by atoms with Gasteiger partial charge >= 0.3 is 0 Å². The van der Waals surface area contributed by atoms with E-state index in [9.17, 15) is 9.59 Å². The molecule has 2 aromatic rings. The zero-order valence-corrected chi connectivity index (χ0v) is 14.9. The van der Waals surface area contributed by atoms with Crippen molar-refractivity contribution in [2.24, 2.45) is 5.92 Å². The normalized spacial score (nSPS) is 17.2. The molecule has 124 valence electrons. The molecule has 0 aliphatic carbocycles. The smallest absolute Gasteiger partial charge is 0.229 e. The molecule has 3 rings (SSSR count). The molecule has 1 atom stereocenters. The van der Waals surface area contributed by atoms with Crippen LogP contribution in [0.25, 0.3) is 0 Å². The van der Waals surface area contributed by atoms with Crippen LogP contribution in [0.3, 0.4) is 0 Å². The molecule has 24 heavy (non-hydrogen) atoms. The summed E-state index contributed by atoms with van der Waals surface area (Å²) in [5.74, 6) is -0.452. The van der Waals surface area contributed by atoms with Crippen LogP contribution in [0.1, 0.15) is 17.7 Å². The number of likely N-dealkylation sites (tertiary alicyclic amines) is 1. The average Bonchev–Trinajstić information content (AvgIpc) is 2.93. The van der Waals surface area contributed by atoms with Crippen LogP contribution in [0, 0.1) is 12.8 Å². The highest BCUT2D eigenvalue weighted by atomic mass is 79.9. The van der Waals surface area contributed by atoms with Gasteiger partial charge < -0.3 is 10.2 Å². The second-order valence-corrected chi connectivity index (χ2v) is 6.80. The van der Waals surface area contributed by atoms with Crippen molar-refractivity contribution in [3.8, 4) is 0 Å². The number of aromatic nitrogens is 1. The molecule has 6 heteroatoms. The van der Waals surface area contributed by atoms with Gasteiger partial charge in [-0.05, 0) is 42.8 Å². The van der Waals surface area contributed by atoms with E-state index in [0.717, 1.165) is 21.4 Å². The van der Waals surface area contributed by atoms with Crippen molar-refractivity contribution in [2.45, 2.75) is 19.9 Å². The number of pyridine rings is 1. The molecule has 0 saturated carbocycles. The SMILES string of the molecule is Cc1cc(NC(=O)C2CC(=O)N(Cc3ccccn3)C2)ccc1Br. The van der Waals surface area contributed by atoms with Gasteiger partial charge in [-0.3, -0.25) is 14.6 Å². The molecule has 2 heterocycles. The number of carbonyl (C=O) groups excluding carboxylic acids is 2. The lowest BCUT2D eigenvalue weighted by atomic mass is 10.1. The molecule has 1 fully saturated rings. The quantitative estimate of drug-likeness (QED) is 0.876. The summed E-state index contributed by atoms with van der Waals surface area (Å²) in [7, 11) is 0. The van der Waals surface area contributed by atoms with Gasteiger partial charge in [-0.25, -0.2) is 0 Å². The third-order valence-corrected chi connectivity index (χ3v) is 4.98. The Balaban J connectivity index is 1.62. The van der Waals surface area contributed by atoms with Gasteiger partial charge in [-0.1, -0.05) is 22.0 Å². The molecule has 1 aliphatic rings. The highest BCUT2D eigenvalue weighted by molar-refractivity contribution is 9.10. The summed E-state index contributed by atoms with van der Waals surface area (Å²) < 4.78 is 0.998. The fourth-order valence-corrected chi connectivity index (χ4v) is 3.00. The summed E-state index contributed by atoms with van der Waals surface area (Å²) in [6.45, 7) is 2.84. The molecular formula is C18H18BrN3O2. The van der Waals surface area contributed by atoms with Crippen LogP contribution in [0.4, 0.5) is 5.69 Å². The monoisotopic (exact) mass is 387 g/mol. The third-order valence-electron chi connectivity index (χ3n) is 4.09. The second-order valence-electron chi connectivity index (χ2n) is 5.95. The lowest BCUT2D eigenvalue weighted by Crippen LogP contribution is -2.28. The lowest BCUT2D eigenvalue weighted by molar-refractivity contribution is -0.128. The maximum absolute atomic E-state index is 12.4. The minimum absolute atomic E-state index is 0.00668. The number of rotatable bonds is 4. The van der Waals surface area contributed by atoms with Crippen LogP contribution in [-0.2, 0) is 16.1 Å². The Morgan fingerprint density at radius 2 is 2.21 bits per heavy atom. The van der Waals surface area contributed by atoms with Gasteiger partial charge in [0.1, 0.15) is 0 Å². The summed E-state index contributed by atoms with van der Waals surface area (Å²) in [5.41, 5.74) is 2.62. The number of hydrogen-bond donors (Lipinski definition) is 1. The van der Waals surface area contributed by atoms with Gasteiger partial charge in [-0.15, -0.1) is 0 Å². The topological polar surface area (TPSA) is 62.3 Å². The maximum Gasteiger partial charge on any atom is 0.229 e. The Kier molecular flexibility index (Phi) is 4.94. The van der Waals surface area contributed by atoms with E-state index in [4.69, 9.17) is 0 Å². The number of halogens is 1. The highest BCUT2D eigenvalue weighted by Gasteiger charge is 2.34. The average molecular weight is 388 g/mol. The van der Waals surface area contributed by atoms with Crippen LogP contribution >= 0.6 is 15.9 Å². The number of amides is 2. The minimum atomic E-state index is -0.329. The number of hydrogen-bond acceptors (Lipinski definition) is 3. The Hall–Kier alpha value is -2.21. The Morgan fingerprint density at radius 3 is 2.92 bits per heavy atom. The zero-order chi connectivity index (χ0) is 17.1. The first kappa shape index (κ1) is 16.6. The van der Waals surface area contributed by atoms with E-state index >= 15 is 0 Å². The Labute approximate surface area is 149 Å². The molecule has 1 saturated heterocycles. The molecule has 1 N–H and O–H groups in total. The van der Waals surface area contributed by atoms with Gasteiger partial charge in [-0.2, -0.15) is 0 Å². The minimum Gasteiger partial charge on any atom is -0.336 e. The summed E-state index contributed by atoms with van der Waals surface area (Å²) in [6, 6.07) is 11.3. The van der Waals surface area contributed by atoms with Gasteiger partial charge in [0.15, 0.2) is 0 Å². The Bertz CT molecular complexity index is 764. The van der Waals surface area contributed by atoms with Crippen molar-refractivity contribution in [3.05, 3.63) is 58.3 Å². The van der Waals surface area contributed by atoms with E-state index in [1.807, 2.05) is 43.3 Å². The third kappa shape index (κ3) is 3.82. The summed E-state index contributed by atoms with van der Waals surface area (Å²) in [4.78, 5) is 30.5. The first-order valence-electron chi connectivity index (χ1n) is 7.77. The molecule has 1 aromatic heterocycles. The first-order valence-corrected chi connectivity index (χ1v) is 8.57. The molecule has 1 unspecified atom stereocenters. The summed E-state index contributed by atoms with van der Waals surface area (Å²) in [6.07, 6.45) is 1.95. The molecule has 0 bridgehead atoms. The number of aryl methyl sites for hydroxylation is 1. The van der Waals surface area contributed by atoms with E-state index in [0.29, 0.717) is 13.1 Å². The van der Waals surface area contributed by atoms with Crippen LogP contribution in [0.15, 0.2) is 47.1 Å². The van der Waals surface area contributed by atoms with Crippen molar-refractivity contribution in [2.75, 3.05) is 11.9 Å². The highest BCUT2D eigenvalue weighted by Crippen LogP contribution is 2.23. The van der Waals surface area contributed by atoms with Crippen molar-refractivity contribution < 1.29 is 9.59 Å². The molecule has 2 amide bonds. The summed E-state index contributed by atoms with van der Waals surface area (Å²) >= 11 is 3.44. The van der Waals surface area contributed by atoms with Crippen LogP contribution in [0.5, 0.6) is 0 Å². The van der Waals surface area contributed by atoms with Crippen LogP contribution in [0.2, 0.25) is 0 Å². The fraction of sp³-hybridized carbons (Fsp3) is 0.278. The van der Waals surface area contributed by atoms with Crippen LogP contribution in [-0.4, -0.2) is 28.2 Å². The van der Waals surface area contributed by atoms with Crippen LogP contribution < -0.4 is 5.32 Å². The molecular weight excluding hydrogens is 370 g/mol. The molecule has 1 aliphatic heterocycles. The van der Waals surface area contributed by atoms with E-state index in [-0.39, 0.29) is 24.2 Å². The van der Waals surface area contributed by atoms with E-state index in [1.165, 1.54) is 0 Å². The molecule has 5 nitrogen and oxygen atoms in total. The van der Waals surface area contributed by atoms with E-state index in [1.54, 1.807) is 11.1 Å². The summed E-state index contributed by atoms with van der Waals surface area (Å²) in [5, 5.41) is 2.90. The van der Waals surface area contributed by atoms with E-state index in [2.05, 4.69) is 26.2 Å². The van der Waals surface area contributed by atoms with E-state index < -0.39 is 0 Å². The maximum atomic E-state index is 12.4. The Morgan fingerprint density at radius 1 is 1.38 bits per heavy atom. The van der Waals surface area contributed by atoms with Gasteiger partial charge in [0.2, 0.25) is 11.8 Å². The van der Waals surface area contributed by atoms with Gasteiger partial charge in [0, 0.05) is 29.3 Å². The van der Waals surface area contributed by atoms with Gasteiger partial charge in [0.25, 0.3) is 0 Å². The fourth-order valence-electron chi connectivity index (χ4n) is 2.75. The standard InChI is InChI=1S/C18H18BrN3O2/c1-12-8-14(5-6-16(12)19)21-18(24)13-9-17(23)22(10-13)11-15-4-2-3-7-20-15/h2-8,13H,9-11H2,1H3,(H,21,24). The molecule has 0 radical (unpaired) electrons. The predicted octanol–water partition coefficient (Wildman–Crippen LogP) is 3.14.